The van der Waals surface area contributed by atoms with Gasteiger partial charge in [0.15, 0.2) is 0 Å². The Balaban J connectivity index is 1.96. The maximum absolute atomic E-state index is 11.7. The molecule has 2 aromatic rings. The summed E-state index contributed by atoms with van der Waals surface area (Å²) in [7, 11) is 1.69. The van der Waals surface area contributed by atoms with Crippen LogP contribution in [0.2, 0.25) is 0 Å². The van der Waals surface area contributed by atoms with Crippen molar-refractivity contribution < 1.29 is 4.79 Å². The smallest absolute Gasteiger partial charge is 0.326 e. The third-order valence-electron chi connectivity index (χ3n) is 2.38. The van der Waals surface area contributed by atoms with E-state index >= 15 is 0 Å². The lowest BCUT2D eigenvalue weighted by Gasteiger charge is -2.07. The number of aryl methyl sites for hydroxylation is 1. The molecule has 0 aliphatic carbocycles. The minimum atomic E-state index is -0.369. The lowest BCUT2D eigenvalue weighted by Crippen LogP contribution is -2.21. The molecule has 0 fully saturated rings. The summed E-state index contributed by atoms with van der Waals surface area (Å²) in [6, 6.07) is 6.93. The van der Waals surface area contributed by atoms with Gasteiger partial charge in [0.2, 0.25) is 5.95 Å². The molecule has 2 rings (SSSR count). The molecule has 18 heavy (non-hydrogen) atoms. The molecule has 1 heterocycles. The Morgan fingerprint density at radius 1 is 1.33 bits per heavy atom. The molecule has 0 atom stereocenters. The van der Waals surface area contributed by atoms with E-state index in [1.54, 1.807) is 19.2 Å². The Bertz CT molecular complexity index is 533. The van der Waals surface area contributed by atoms with Crippen molar-refractivity contribution in [1.29, 1.82) is 0 Å². The Labute approximate surface area is 104 Å². The van der Waals surface area contributed by atoms with Gasteiger partial charge in [0.1, 0.15) is 6.33 Å². The summed E-state index contributed by atoms with van der Waals surface area (Å²) in [5.74, 6) is 0.381. The number of carbonyl (C=O) groups is 1. The van der Waals surface area contributed by atoms with Crippen molar-refractivity contribution in [3.63, 3.8) is 0 Å². The van der Waals surface area contributed by atoms with E-state index in [1.807, 2.05) is 12.1 Å². The number of amides is 2. The van der Waals surface area contributed by atoms with Crippen LogP contribution in [-0.4, -0.2) is 20.8 Å². The summed E-state index contributed by atoms with van der Waals surface area (Å²) < 4.78 is 1.47. The summed E-state index contributed by atoms with van der Waals surface area (Å²) >= 11 is 0. The number of nitrogens with zero attached hydrogens (tertiary/aromatic N) is 3. The van der Waals surface area contributed by atoms with Crippen LogP contribution in [0.5, 0.6) is 0 Å². The van der Waals surface area contributed by atoms with E-state index < -0.39 is 0 Å². The second-order valence-corrected chi connectivity index (χ2v) is 3.69. The van der Waals surface area contributed by atoms with E-state index in [-0.39, 0.29) is 6.03 Å². The quantitative estimate of drug-likeness (QED) is 0.750. The van der Waals surface area contributed by atoms with Gasteiger partial charge >= 0.3 is 6.03 Å². The highest BCUT2D eigenvalue weighted by molar-refractivity contribution is 5.98. The average Bonchev–Trinajstić information content (AvgIpc) is 2.76. The highest BCUT2D eigenvalue weighted by Crippen LogP contribution is 2.09. The highest BCUT2D eigenvalue weighted by atomic mass is 16.2. The second kappa shape index (κ2) is 5.28. The summed E-state index contributed by atoms with van der Waals surface area (Å²) in [5, 5.41) is 9.12. The van der Waals surface area contributed by atoms with E-state index in [0.29, 0.717) is 18.2 Å². The molecule has 0 aliphatic rings. The molecule has 0 unspecified atom stereocenters. The first-order valence-electron chi connectivity index (χ1n) is 5.40. The molecule has 0 saturated heterocycles. The SMILES string of the molecule is Cn1ncnc1NC(=O)Nc1ccc(CN)cc1. The molecule has 0 bridgehead atoms. The molecule has 0 radical (unpaired) electrons. The van der Waals surface area contributed by atoms with Gasteiger partial charge in [-0.1, -0.05) is 12.1 Å². The van der Waals surface area contributed by atoms with E-state index in [0.717, 1.165) is 5.56 Å². The fourth-order valence-corrected chi connectivity index (χ4v) is 1.40. The van der Waals surface area contributed by atoms with Crippen molar-refractivity contribution >= 4 is 17.7 Å². The zero-order valence-electron chi connectivity index (χ0n) is 9.92. The molecule has 0 spiro atoms. The van der Waals surface area contributed by atoms with Gasteiger partial charge in [0.25, 0.3) is 0 Å². The van der Waals surface area contributed by atoms with Gasteiger partial charge in [0, 0.05) is 19.3 Å². The molecule has 1 aromatic heterocycles. The number of anilines is 2. The molecular weight excluding hydrogens is 232 g/mol. The van der Waals surface area contributed by atoms with Crippen LogP contribution in [0.1, 0.15) is 5.56 Å². The highest BCUT2D eigenvalue weighted by Gasteiger charge is 2.06. The number of nitrogens with two attached hydrogens (primary N) is 1. The average molecular weight is 246 g/mol. The van der Waals surface area contributed by atoms with E-state index in [1.165, 1.54) is 11.0 Å². The molecule has 7 heteroatoms. The lowest BCUT2D eigenvalue weighted by atomic mass is 10.2. The zero-order valence-corrected chi connectivity index (χ0v) is 9.92. The largest absolute Gasteiger partial charge is 0.326 e. The predicted molar refractivity (Wildman–Crippen MR) is 68.0 cm³/mol. The number of carbonyl (C=O) groups excluding carboxylic acids is 1. The van der Waals surface area contributed by atoms with Crippen molar-refractivity contribution in [3.8, 4) is 0 Å². The van der Waals surface area contributed by atoms with E-state index in [4.69, 9.17) is 5.73 Å². The van der Waals surface area contributed by atoms with Crippen LogP contribution in [0.4, 0.5) is 16.4 Å². The van der Waals surface area contributed by atoms with Crippen molar-refractivity contribution in [1.82, 2.24) is 14.8 Å². The van der Waals surface area contributed by atoms with Crippen molar-refractivity contribution in [3.05, 3.63) is 36.2 Å². The molecular formula is C11H14N6O. The Morgan fingerprint density at radius 2 is 2.06 bits per heavy atom. The third-order valence-corrected chi connectivity index (χ3v) is 2.38. The number of aromatic nitrogens is 3. The predicted octanol–water partition coefficient (Wildman–Crippen LogP) is 0.918. The van der Waals surface area contributed by atoms with Crippen LogP contribution < -0.4 is 16.4 Å². The number of hydrogen-bond acceptors (Lipinski definition) is 4. The first-order chi connectivity index (χ1) is 8.69. The Kier molecular flexibility index (Phi) is 3.54. The van der Waals surface area contributed by atoms with Gasteiger partial charge < -0.3 is 11.1 Å². The van der Waals surface area contributed by atoms with Gasteiger partial charge in [-0.2, -0.15) is 10.1 Å². The van der Waals surface area contributed by atoms with Gasteiger partial charge in [-0.05, 0) is 17.7 Å². The first kappa shape index (κ1) is 12.1. The van der Waals surface area contributed by atoms with Gasteiger partial charge in [-0.15, -0.1) is 0 Å². The van der Waals surface area contributed by atoms with Crippen LogP contribution in [0.25, 0.3) is 0 Å². The number of nitrogens with one attached hydrogen (secondary N) is 2. The molecule has 2 amide bonds. The standard InChI is InChI=1S/C11H14N6O/c1-17-10(13-7-14-17)16-11(18)15-9-4-2-8(6-12)3-5-9/h2-5,7H,6,12H2,1H3,(H2,13,14,15,16,18). The Hall–Kier alpha value is -2.41. The summed E-state index contributed by atoms with van der Waals surface area (Å²) in [6.45, 7) is 0.478. The first-order valence-corrected chi connectivity index (χ1v) is 5.40. The molecule has 4 N–H and O–H groups in total. The monoisotopic (exact) mass is 246 g/mol. The minimum Gasteiger partial charge on any atom is -0.326 e. The molecule has 94 valence electrons. The topological polar surface area (TPSA) is 97.9 Å². The fourth-order valence-electron chi connectivity index (χ4n) is 1.40. The van der Waals surface area contributed by atoms with E-state index in [2.05, 4.69) is 20.7 Å². The van der Waals surface area contributed by atoms with Crippen molar-refractivity contribution in [2.75, 3.05) is 10.6 Å². The fraction of sp³-hybridized carbons (Fsp3) is 0.182. The maximum atomic E-state index is 11.7. The van der Waals surface area contributed by atoms with Crippen LogP contribution in [0.15, 0.2) is 30.6 Å². The molecule has 7 nitrogen and oxygen atoms in total. The van der Waals surface area contributed by atoms with Gasteiger partial charge in [-0.3, -0.25) is 5.32 Å². The molecule has 1 aromatic carbocycles. The number of hydrogen-bond donors (Lipinski definition) is 3. The normalized spacial score (nSPS) is 10.1. The second-order valence-electron chi connectivity index (χ2n) is 3.69. The van der Waals surface area contributed by atoms with Gasteiger partial charge in [-0.25, -0.2) is 9.48 Å². The van der Waals surface area contributed by atoms with Crippen LogP contribution in [0, 0.1) is 0 Å². The van der Waals surface area contributed by atoms with Crippen molar-refractivity contribution in [2.45, 2.75) is 6.54 Å². The summed E-state index contributed by atoms with van der Waals surface area (Å²) in [4.78, 5) is 15.5. The minimum absolute atomic E-state index is 0.369. The van der Waals surface area contributed by atoms with E-state index in [9.17, 15) is 4.79 Å². The lowest BCUT2D eigenvalue weighted by molar-refractivity contribution is 0.262. The van der Waals surface area contributed by atoms with Gasteiger partial charge in [0.05, 0.1) is 0 Å². The van der Waals surface area contributed by atoms with Crippen molar-refractivity contribution in [2.24, 2.45) is 12.8 Å². The third kappa shape index (κ3) is 2.83. The van der Waals surface area contributed by atoms with Crippen LogP contribution in [-0.2, 0) is 13.6 Å². The zero-order chi connectivity index (χ0) is 13.0. The Morgan fingerprint density at radius 3 is 2.61 bits per heavy atom. The summed E-state index contributed by atoms with van der Waals surface area (Å²) in [5.41, 5.74) is 7.19. The molecule has 0 aliphatic heterocycles. The summed E-state index contributed by atoms with van der Waals surface area (Å²) in [6.07, 6.45) is 1.37. The number of rotatable bonds is 3. The maximum Gasteiger partial charge on any atom is 0.326 e. The number of benzene rings is 1. The van der Waals surface area contributed by atoms with Crippen LogP contribution in [0.3, 0.4) is 0 Å². The van der Waals surface area contributed by atoms with Crippen LogP contribution >= 0.6 is 0 Å². The molecule has 0 saturated carbocycles. The number of urea groups is 1.